The molecule has 4 heterocycles. The van der Waals surface area contributed by atoms with E-state index < -0.39 is 27.5 Å². The Morgan fingerprint density at radius 3 is 2.68 bits per heavy atom. The third-order valence-electron chi connectivity index (χ3n) is 6.81. The molecule has 0 spiro atoms. The molecule has 6 rings (SSSR count). The summed E-state index contributed by atoms with van der Waals surface area (Å²) in [5.41, 5.74) is 2.58. The Labute approximate surface area is 211 Å². The van der Waals surface area contributed by atoms with E-state index in [4.69, 9.17) is 9.52 Å². The highest BCUT2D eigenvalue weighted by Gasteiger charge is 2.35. The summed E-state index contributed by atoms with van der Waals surface area (Å²) in [6.07, 6.45) is 3.63. The maximum Gasteiger partial charge on any atom is 0.268 e. The van der Waals surface area contributed by atoms with Gasteiger partial charge in [0.05, 0.1) is 33.3 Å². The van der Waals surface area contributed by atoms with Gasteiger partial charge in [-0.15, -0.1) is 0 Å². The second kappa shape index (κ2) is 8.34. The van der Waals surface area contributed by atoms with Crippen LogP contribution < -0.4 is 9.64 Å². The van der Waals surface area contributed by atoms with E-state index in [-0.39, 0.29) is 34.0 Å². The van der Waals surface area contributed by atoms with Crippen molar-refractivity contribution in [2.24, 2.45) is 0 Å². The Balaban J connectivity index is 1.41. The lowest BCUT2D eigenvalue weighted by Gasteiger charge is -2.33. The van der Waals surface area contributed by atoms with Gasteiger partial charge in [-0.25, -0.2) is 27.7 Å². The van der Waals surface area contributed by atoms with Crippen molar-refractivity contribution in [3.8, 4) is 16.9 Å². The number of carbonyl (C=O) groups is 1. The number of amides is 1. The van der Waals surface area contributed by atoms with Gasteiger partial charge >= 0.3 is 0 Å². The number of hydrogen-bond donors (Lipinski definition) is 1. The summed E-state index contributed by atoms with van der Waals surface area (Å²) in [5, 5.41) is 0.0323. The normalized spacial score (nSPS) is 19.0. The maximum absolute atomic E-state index is 15.1. The van der Waals surface area contributed by atoms with Gasteiger partial charge in [-0.05, 0) is 51.0 Å². The number of aromatic nitrogens is 3. The smallest absolute Gasteiger partial charge is 0.268 e. The van der Waals surface area contributed by atoms with Crippen LogP contribution in [0.2, 0.25) is 0 Å². The average Bonchev–Trinajstić information content (AvgIpc) is 3.68. The van der Waals surface area contributed by atoms with Crippen molar-refractivity contribution in [2.75, 3.05) is 4.90 Å². The van der Waals surface area contributed by atoms with Crippen molar-refractivity contribution >= 4 is 27.0 Å². The molecular weight excluding hydrogens is 500 g/mol. The highest BCUT2D eigenvalue weighted by atomic mass is 32.2. The Hall–Kier alpha value is -3.86. The first-order chi connectivity index (χ1) is 17.6. The van der Waals surface area contributed by atoms with E-state index in [0.29, 0.717) is 28.3 Å². The molecule has 1 aliphatic carbocycles. The Morgan fingerprint density at radius 2 is 1.97 bits per heavy atom. The van der Waals surface area contributed by atoms with Crippen molar-refractivity contribution in [1.82, 2.24) is 14.4 Å². The number of rotatable bonds is 5. The lowest BCUT2D eigenvalue weighted by molar-refractivity contribution is -0.125. The van der Waals surface area contributed by atoms with Gasteiger partial charge in [0.15, 0.2) is 17.7 Å². The van der Waals surface area contributed by atoms with E-state index in [2.05, 4.69) is 9.97 Å². The van der Waals surface area contributed by atoms with Gasteiger partial charge < -0.3 is 9.14 Å². The largest absolute Gasteiger partial charge is 0.476 e. The number of fused-ring (bicyclic) bond motifs is 2. The van der Waals surface area contributed by atoms with Gasteiger partial charge in [-0.3, -0.25) is 9.69 Å². The van der Waals surface area contributed by atoms with Crippen molar-refractivity contribution < 1.29 is 22.5 Å². The van der Waals surface area contributed by atoms with E-state index in [1.54, 1.807) is 36.6 Å². The minimum atomic E-state index is -2.96. The number of benzene rings is 1. The van der Waals surface area contributed by atoms with Crippen LogP contribution in [0.15, 0.2) is 53.8 Å². The predicted molar refractivity (Wildman–Crippen MR) is 133 cm³/mol. The molecule has 1 amide bonds. The van der Waals surface area contributed by atoms with Crippen LogP contribution in [0, 0.1) is 23.3 Å². The zero-order valence-electron chi connectivity index (χ0n) is 20.1. The number of imidazole rings is 1. The van der Waals surface area contributed by atoms with E-state index in [9.17, 15) is 13.4 Å². The highest BCUT2D eigenvalue weighted by molar-refractivity contribution is 7.93. The average molecular weight is 524 g/mol. The molecule has 11 heteroatoms. The molecule has 1 N–H and O–H groups in total. The predicted octanol–water partition coefficient (Wildman–Crippen LogP) is 4.87. The Bertz CT molecular complexity index is 1680. The summed E-state index contributed by atoms with van der Waals surface area (Å²) in [6.45, 7) is 3.40. The summed E-state index contributed by atoms with van der Waals surface area (Å²) < 4.78 is 57.6. The highest BCUT2D eigenvalue weighted by Crippen LogP contribution is 2.38. The molecule has 2 aliphatic rings. The summed E-state index contributed by atoms with van der Waals surface area (Å²) in [7, 11) is -2.96. The number of nitrogens with one attached hydrogen (secondary N) is 1. The third kappa shape index (κ3) is 3.85. The maximum atomic E-state index is 15.1. The second-order valence-electron chi connectivity index (χ2n) is 9.36. The molecule has 1 fully saturated rings. The molecule has 0 saturated heterocycles. The van der Waals surface area contributed by atoms with E-state index in [1.807, 2.05) is 0 Å². The summed E-state index contributed by atoms with van der Waals surface area (Å²) >= 11 is 0. The van der Waals surface area contributed by atoms with Gasteiger partial charge in [0.25, 0.3) is 5.91 Å². The minimum Gasteiger partial charge on any atom is -0.476 e. The van der Waals surface area contributed by atoms with Crippen LogP contribution in [-0.4, -0.2) is 35.8 Å². The molecule has 37 heavy (non-hydrogen) atoms. The SMILES string of the molecule is Cc1nc2cc(F)c(-c3ccc(S(=N)(=O)C4CC4)nc3)cn2c1CN1C(=O)[C@@H](C)Oc2c(F)cccc21. The number of anilines is 1. The first-order valence-corrected chi connectivity index (χ1v) is 13.4. The summed E-state index contributed by atoms with van der Waals surface area (Å²) in [6, 6.07) is 8.83. The number of aryl methyl sites for hydroxylation is 1. The first-order valence-electron chi connectivity index (χ1n) is 11.8. The number of nitrogens with zero attached hydrogens (tertiary/aromatic N) is 4. The van der Waals surface area contributed by atoms with E-state index in [1.165, 1.54) is 35.4 Å². The molecule has 1 aromatic carbocycles. The lowest BCUT2D eigenvalue weighted by Crippen LogP contribution is -2.44. The Kier molecular flexibility index (Phi) is 5.30. The van der Waals surface area contributed by atoms with E-state index >= 15 is 4.39 Å². The van der Waals surface area contributed by atoms with Gasteiger partial charge in [0.2, 0.25) is 0 Å². The topological polar surface area (TPSA) is 101 Å². The fourth-order valence-corrected chi connectivity index (χ4v) is 6.25. The third-order valence-corrected chi connectivity index (χ3v) is 9.09. The zero-order valence-corrected chi connectivity index (χ0v) is 20.9. The summed E-state index contributed by atoms with van der Waals surface area (Å²) in [5.74, 6) is -1.40. The fraction of sp³-hybridized carbons (Fsp3) is 0.269. The Morgan fingerprint density at radius 1 is 1.19 bits per heavy atom. The summed E-state index contributed by atoms with van der Waals surface area (Å²) in [4.78, 5) is 23.2. The molecule has 3 aromatic heterocycles. The molecule has 1 aliphatic heterocycles. The number of para-hydroxylation sites is 1. The van der Waals surface area contributed by atoms with Crippen LogP contribution in [0.1, 0.15) is 31.2 Å². The fourth-order valence-electron chi connectivity index (χ4n) is 4.63. The second-order valence-corrected chi connectivity index (χ2v) is 11.7. The molecule has 1 unspecified atom stereocenters. The molecule has 8 nitrogen and oxygen atoms in total. The quantitative estimate of drug-likeness (QED) is 0.403. The number of pyridine rings is 2. The van der Waals surface area contributed by atoms with Gasteiger partial charge in [-0.2, -0.15) is 0 Å². The molecule has 0 radical (unpaired) electrons. The number of halogens is 2. The van der Waals surface area contributed by atoms with Crippen LogP contribution in [0.25, 0.3) is 16.8 Å². The van der Waals surface area contributed by atoms with Gasteiger partial charge in [-0.1, -0.05) is 6.07 Å². The van der Waals surface area contributed by atoms with Crippen LogP contribution >= 0.6 is 0 Å². The molecule has 1 saturated carbocycles. The molecular formula is C26H23F2N5O3S. The number of ether oxygens (including phenoxy) is 1. The van der Waals surface area contributed by atoms with Crippen molar-refractivity contribution in [3.05, 3.63) is 71.8 Å². The van der Waals surface area contributed by atoms with Crippen LogP contribution in [0.4, 0.5) is 14.5 Å². The standard InChI is InChI=1S/C26H23F2N5O3S/c1-14-22(13-33-21-5-3-4-19(27)25(21)36-15(2)26(33)34)32-12-18(20(28)10-23(32)31-14)16-6-9-24(30-11-16)37(29,35)17-7-8-17/h3-6,9-12,15,17,29H,7-8,13H2,1-2H3/t15-,37?/m1/s1. The van der Waals surface area contributed by atoms with Crippen molar-refractivity contribution in [3.63, 3.8) is 0 Å². The van der Waals surface area contributed by atoms with Crippen molar-refractivity contribution in [2.45, 2.75) is 49.6 Å². The molecule has 4 aromatic rings. The van der Waals surface area contributed by atoms with E-state index in [0.717, 1.165) is 12.8 Å². The number of carbonyl (C=O) groups excluding carboxylic acids is 1. The van der Waals surface area contributed by atoms with Gasteiger partial charge in [0.1, 0.15) is 16.5 Å². The van der Waals surface area contributed by atoms with Crippen LogP contribution in [0.5, 0.6) is 5.75 Å². The lowest BCUT2D eigenvalue weighted by atomic mass is 10.1. The van der Waals surface area contributed by atoms with Gasteiger partial charge in [0, 0.05) is 34.8 Å². The van der Waals surface area contributed by atoms with Crippen LogP contribution in [0.3, 0.4) is 0 Å². The first kappa shape index (κ1) is 23.5. The van der Waals surface area contributed by atoms with Crippen molar-refractivity contribution in [1.29, 1.82) is 4.78 Å². The molecule has 0 bridgehead atoms. The zero-order chi connectivity index (χ0) is 26.1. The minimum absolute atomic E-state index is 0.0103. The monoisotopic (exact) mass is 523 g/mol. The molecule has 190 valence electrons. The van der Waals surface area contributed by atoms with Crippen LogP contribution in [-0.2, 0) is 21.1 Å². The number of hydrogen-bond acceptors (Lipinski definition) is 6. The molecule has 2 atom stereocenters.